The fourth-order valence-corrected chi connectivity index (χ4v) is 5.47. The second-order valence-corrected chi connectivity index (χ2v) is 8.71. The minimum atomic E-state index is 0.609. The number of likely N-dealkylation sites (tertiary alicyclic amines) is 1. The van der Waals surface area contributed by atoms with Crippen molar-refractivity contribution in [1.82, 2.24) is 9.88 Å². The Morgan fingerprint density at radius 1 is 1.14 bits per heavy atom. The highest BCUT2D eigenvalue weighted by atomic mass is 35.5. The molecule has 1 aliphatic carbocycles. The average molecular weight is 395 g/mol. The van der Waals surface area contributed by atoms with Crippen LogP contribution in [0.3, 0.4) is 0 Å². The largest absolute Gasteiger partial charge is 0.496 e. The molecule has 0 bridgehead atoms. The molecule has 0 saturated carbocycles. The van der Waals surface area contributed by atoms with Gasteiger partial charge >= 0.3 is 0 Å². The van der Waals surface area contributed by atoms with E-state index in [2.05, 4.69) is 40.3 Å². The van der Waals surface area contributed by atoms with Gasteiger partial charge in [-0.1, -0.05) is 29.8 Å². The predicted octanol–water partition coefficient (Wildman–Crippen LogP) is 5.74. The van der Waals surface area contributed by atoms with Gasteiger partial charge in [0, 0.05) is 40.1 Å². The number of hydrogen-bond acceptors (Lipinski definition) is 2. The molecule has 2 heterocycles. The van der Waals surface area contributed by atoms with Crippen molar-refractivity contribution >= 4 is 22.5 Å². The van der Waals surface area contributed by atoms with Gasteiger partial charge < -0.3 is 14.6 Å². The number of hydrogen-bond donors (Lipinski definition) is 1. The van der Waals surface area contributed by atoms with Crippen LogP contribution >= 0.6 is 11.6 Å². The van der Waals surface area contributed by atoms with Crippen LogP contribution < -0.4 is 4.74 Å². The maximum absolute atomic E-state index is 6.14. The fraction of sp³-hybridized carbons (Fsp3) is 0.417. The van der Waals surface area contributed by atoms with Gasteiger partial charge in [-0.05, 0) is 74.0 Å². The number of aromatic nitrogens is 1. The summed E-state index contributed by atoms with van der Waals surface area (Å²) in [7, 11) is 1.80. The zero-order valence-electron chi connectivity index (χ0n) is 16.4. The molecule has 0 spiro atoms. The highest BCUT2D eigenvalue weighted by Gasteiger charge is 2.30. The van der Waals surface area contributed by atoms with Crippen LogP contribution in [0.4, 0.5) is 0 Å². The number of ether oxygens (including phenoxy) is 1. The lowest BCUT2D eigenvalue weighted by molar-refractivity contribution is 0.200. The van der Waals surface area contributed by atoms with E-state index in [1.807, 2.05) is 12.1 Å². The summed E-state index contributed by atoms with van der Waals surface area (Å²) in [5, 5.41) is 2.13. The smallest absolute Gasteiger partial charge is 0.122 e. The molecular formula is C24H27ClN2O. The third-order valence-electron chi connectivity index (χ3n) is 6.73. The number of methoxy groups -OCH3 is 1. The number of nitrogens with one attached hydrogen (secondary N) is 1. The van der Waals surface area contributed by atoms with Gasteiger partial charge in [0.05, 0.1) is 7.11 Å². The lowest BCUT2D eigenvalue weighted by Gasteiger charge is -2.34. The molecule has 1 fully saturated rings. The predicted molar refractivity (Wildman–Crippen MR) is 116 cm³/mol. The van der Waals surface area contributed by atoms with Crippen molar-refractivity contribution in [1.29, 1.82) is 0 Å². The molecule has 3 nitrogen and oxygen atoms in total. The van der Waals surface area contributed by atoms with Crippen LogP contribution in [0.5, 0.6) is 5.75 Å². The van der Waals surface area contributed by atoms with Gasteiger partial charge in [-0.25, -0.2) is 0 Å². The van der Waals surface area contributed by atoms with Gasteiger partial charge in [0.2, 0.25) is 0 Å². The Morgan fingerprint density at radius 3 is 2.82 bits per heavy atom. The molecule has 146 valence electrons. The van der Waals surface area contributed by atoms with Crippen LogP contribution in [0, 0.1) is 0 Å². The Morgan fingerprint density at radius 2 is 2.00 bits per heavy atom. The average Bonchev–Trinajstić information content (AvgIpc) is 3.32. The lowest BCUT2D eigenvalue weighted by Crippen LogP contribution is -2.35. The first kappa shape index (κ1) is 18.1. The topological polar surface area (TPSA) is 28.3 Å². The molecule has 1 N–H and O–H groups in total. The number of fused-ring (bicyclic) bond motifs is 2. The number of rotatable bonds is 4. The molecule has 28 heavy (non-hydrogen) atoms. The molecular weight excluding hydrogens is 368 g/mol. The van der Waals surface area contributed by atoms with Gasteiger partial charge in [0.1, 0.15) is 5.75 Å². The van der Waals surface area contributed by atoms with Crippen molar-refractivity contribution in [3.8, 4) is 5.75 Å². The van der Waals surface area contributed by atoms with E-state index in [0.29, 0.717) is 11.8 Å². The molecule has 4 heteroatoms. The highest BCUT2D eigenvalue weighted by molar-refractivity contribution is 6.31. The summed E-state index contributed by atoms with van der Waals surface area (Å²) in [6.07, 6.45) is 7.08. The van der Waals surface area contributed by atoms with Crippen molar-refractivity contribution in [3.05, 3.63) is 64.3 Å². The van der Waals surface area contributed by atoms with E-state index in [-0.39, 0.29) is 0 Å². The van der Waals surface area contributed by atoms with E-state index in [1.165, 1.54) is 60.8 Å². The third kappa shape index (κ3) is 3.21. The second kappa shape index (κ2) is 7.46. The van der Waals surface area contributed by atoms with Crippen LogP contribution in [-0.2, 0) is 6.42 Å². The van der Waals surface area contributed by atoms with Gasteiger partial charge in [-0.15, -0.1) is 0 Å². The van der Waals surface area contributed by atoms with Crippen LogP contribution in [0.1, 0.15) is 47.8 Å². The van der Waals surface area contributed by atoms with Crippen molar-refractivity contribution in [2.24, 2.45) is 0 Å². The van der Waals surface area contributed by atoms with E-state index >= 15 is 0 Å². The summed E-state index contributed by atoms with van der Waals surface area (Å²) in [4.78, 5) is 6.07. The van der Waals surface area contributed by atoms with Crippen molar-refractivity contribution in [3.63, 3.8) is 0 Å². The molecule has 1 unspecified atom stereocenters. The van der Waals surface area contributed by atoms with Crippen molar-refractivity contribution < 1.29 is 4.74 Å². The number of aromatic amines is 1. The van der Waals surface area contributed by atoms with Crippen LogP contribution in [0.2, 0.25) is 5.02 Å². The second-order valence-electron chi connectivity index (χ2n) is 8.28. The van der Waals surface area contributed by atoms with Gasteiger partial charge in [-0.3, -0.25) is 0 Å². The standard InChI is InChI=1S/C24H27ClN2O/c1-28-23-4-2-3-17-5-6-18(24(17)23)15-27-11-9-16(10-12-27)21-14-26-22-13-19(25)7-8-20(21)22/h2-4,7-8,13-14,16,18,26H,5-6,9-12,15H2,1H3. The number of benzene rings is 2. The number of H-pyrrole nitrogens is 1. The number of piperidine rings is 1. The summed E-state index contributed by atoms with van der Waals surface area (Å²) >= 11 is 6.14. The molecule has 5 rings (SSSR count). The van der Waals surface area contributed by atoms with Crippen molar-refractivity contribution in [2.45, 2.75) is 37.5 Å². The van der Waals surface area contributed by atoms with Gasteiger partial charge in [0.25, 0.3) is 0 Å². The molecule has 3 aromatic rings. The van der Waals surface area contributed by atoms with Crippen LogP contribution in [0.15, 0.2) is 42.6 Å². The molecule has 1 aromatic heterocycles. The van der Waals surface area contributed by atoms with E-state index in [4.69, 9.17) is 16.3 Å². The first-order chi connectivity index (χ1) is 13.7. The van der Waals surface area contributed by atoms with E-state index < -0.39 is 0 Å². The summed E-state index contributed by atoms with van der Waals surface area (Å²) in [6.45, 7) is 3.50. The molecule has 1 atom stereocenters. The van der Waals surface area contributed by atoms with E-state index in [1.54, 1.807) is 7.11 Å². The Hall–Kier alpha value is -1.97. The maximum atomic E-state index is 6.14. The van der Waals surface area contributed by atoms with Crippen molar-refractivity contribution in [2.75, 3.05) is 26.7 Å². The minimum Gasteiger partial charge on any atom is -0.496 e. The van der Waals surface area contributed by atoms with Gasteiger partial charge in [0.15, 0.2) is 0 Å². The SMILES string of the molecule is COc1cccc2c1C(CN1CCC(c3c[nH]c4cc(Cl)ccc34)CC1)CC2. The number of aryl methyl sites for hydroxylation is 1. The first-order valence-corrected chi connectivity index (χ1v) is 10.8. The van der Waals surface area contributed by atoms with E-state index in [0.717, 1.165) is 22.8 Å². The minimum absolute atomic E-state index is 0.609. The lowest BCUT2D eigenvalue weighted by atomic mass is 9.88. The maximum Gasteiger partial charge on any atom is 0.122 e. The monoisotopic (exact) mass is 394 g/mol. The zero-order valence-corrected chi connectivity index (χ0v) is 17.1. The molecule has 2 aromatic carbocycles. The number of nitrogens with zero attached hydrogens (tertiary/aromatic N) is 1. The first-order valence-electron chi connectivity index (χ1n) is 10.4. The highest BCUT2D eigenvalue weighted by Crippen LogP contribution is 2.41. The molecule has 0 radical (unpaired) electrons. The quantitative estimate of drug-likeness (QED) is 0.611. The molecule has 0 amide bonds. The summed E-state index contributed by atoms with van der Waals surface area (Å²) in [5.74, 6) is 2.32. The summed E-state index contributed by atoms with van der Waals surface area (Å²) < 4.78 is 5.66. The fourth-order valence-electron chi connectivity index (χ4n) is 5.30. The molecule has 1 saturated heterocycles. The van der Waals surface area contributed by atoms with E-state index in [9.17, 15) is 0 Å². The normalized spacial score (nSPS) is 20.6. The Balaban J connectivity index is 1.26. The van der Waals surface area contributed by atoms with Crippen LogP contribution in [0.25, 0.3) is 10.9 Å². The third-order valence-corrected chi connectivity index (χ3v) is 6.96. The Kier molecular flexibility index (Phi) is 4.82. The number of halogens is 1. The summed E-state index contributed by atoms with van der Waals surface area (Å²) in [6, 6.07) is 12.7. The van der Waals surface area contributed by atoms with Crippen LogP contribution in [-0.4, -0.2) is 36.6 Å². The molecule has 1 aliphatic heterocycles. The zero-order chi connectivity index (χ0) is 19.1. The molecule has 2 aliphatic rings. The Bertz CT molecular complexity index is 987. The Labute approximate surface area is 171 Å². The summed E-state index contributed by atoms with van der Waals surface area (Å²) in [5.41, 5.74) is 5.55. The van der Waals surface area contributed by atoms with Gasteiger partial charge in [-0.2, -0.15) is 0 Å².